The normalized spacial score (nSPS) is 22.4. The monoisotopic (exact) mass is 458 g/mol. The zero-order valence-electron chi connectivity index (χ0n) is 16.0. The van der Waals surface area contributed by atoms with Gasteiger partial charge < -0.3 is 14.8 Å². The molecule has 7 nitrogen and oxygen atoms in total. The minimum atomic E-state index is -0.768. The number of nitrogens with zero attached hydrogens (tertiary/aromatic N) is 1. The van der Waals surface area contributed by atoms with Crippen LogP contribution in [0.1, 0.15) is 16.4 Å². The van der Waals surface area contributed by atoms with Crippen molar-refractivity contribution in [2.24, 2.45) is 5.92 Å². The van der Waals surface area contributed by atoms with Crippen molar-refractivity contribution in [1.29, 1.82) is 0 Å². The molecule has 2 unspecified atom stereocenters. The van der Waals surface area contributed by atoms with E-state index in [4.69, 9.17) is 4.74 Å². The number of halogens is 1. The molecule has 5 rings (SSSR count). The lowest BCUT2D eigenvalue weighted by Crippen LogP contribution is -2.32. The molecule has 3 aromatic rings. The highest BCUT2D eigenvalue weighted by molar-refractivity contribution is 8.00. The molecule has 2 amide bonds. The van der Waals surface area contributed by atoms with Gasteiger partial charge in [-0.1, -0.05) is 29.2 Å². The van der Waals surface area contributed by atoms with E-state index in [-0.39, 0.29) is 16.4 Å². The maximum Gasteiger partial charge on any atom is 0.305 e. The van der Waals surface area contributed by atoms with Crippen molar-refractivity contribution >= 4 is 40.6 Å². The number of benzene rings is 2. The first-order valence-corrected chi connectivity index (χ1v) is 11.0. The molecule has 2 aromatic carbocycles. The molecule has 0 bridgehead atoms. The number of amides is 2. The molecule has 10 heteroatoms. The number of fused-ring (bicyclic) bond motifs is 2. The fourth-order valence-corrected chi connectivity index (χ4v) is 6.62. The number of aromatic amines is 1. The molecular formula is C21H15FN2O5S2. The van der Waals surface area contributed by atoms with Crippen molar-refractivity contribution < 1.29 is 23.8 Å². The fourth-order valence-electron chi connectivity index (χ4n) is 4.11. The van der Waals surface area contributed by atoms with E-state index >= 15 is 0 Å². The number of anilines is 1. The number of rotatable bonds is 3. The number of thioether (sulfide) groups is 1. The Bertz CT molecular complexity index is 1270. The molecule has 31 heavy (non-hydrogen) atoms. The Hall–Kier alpha value is -3.11. The van der Waals surface area contributed by atoms with Crippen LogP contribution in [0.25, 0.3) is 0 Å². The lowest BCUT2D eigenvalue weighted by atomic mass is 9.83. The van der Waals surface area contributed by atoms with Gasteiger partial charge in [0.25, 0.3) is 0 Å². The Morgan fingerprint density at radius 2 is 1.84 bits per heavy atom. The molecule has 0 saturated carbocycles. The van der Waals surface area contributed by atoms with Crippen LogP contribution in [0.3, 0.4) is 0 Å². The summed E-state index contributed by atoms with van der Waals surface area (Å²) in [7, 11) is 1.42. The van der Waals surface area contributed by atoms with Crippen LogP contribution in [0.4, 0.5) is 10.1 Å². The van der Waals surface area contributed by atoms with Crippen molar-refractivity contribution in [3.8, 4) is 11.5 Å². The number of nitrogens with one attached hydrogen (secondary N) is 1. The van der Waals surface area contributed by atoms with Crippen molar-refractivity contribution in [1.82, 2.24) is 4.98 Å². The van der Waals surface area contributed by atoms with E-state index in [1.807, 2.05) is 0 Å². The number of methoxy groups -OCH3 is 1. The number of aromatic hydroxyl groups is 1. The Morgan fingerprint density at radius 1 is 1.10 bits per heavy atom. The number of carbonyl (C=O) groups excluding carboxylic acids is 2. The molecule has 3 atom stereocenters. The second-order valence-electron chi connectivity index (χ2n) is 7.17. The number of ether oxygens (including phenoxy) is 1. The predicted molar refractivity (Wildman–Crippen MR) is 113 cm³/mol. The molecule has 0 aliphatic carbocycles. The van der Waals surface area contributed by atoms with E-state index < -0.39 is 34.7 Å². The quantitative estimate of drug-likeness (QED) is 0.585. The number of hydrogen-bond acceptors (Lipinski definition) is 7. The summed E-state index contributed by atoms with van der Waals surface area (Å²) in [6.45, 7) is 0. The largest absolute Gasteiger partial charge is 0.504 e. The first-order chi connectivity index (χ1) is 14.9. The van der Waals surface area contributed by atoms with Gasteiger partial charge in [0.05, 0.1) is 23.7 Å². The van der Waals surface area contributed by atoms with Gasteiger partial charge in [-0.25, -0.2) is 9.29 Å². The topological polar surface area (TPSA) is 99.7 Å². The highest BCUT2D eigenvalue weighted by atomic mass is 32.2. The van der Waals surface area contributed by atoms with Crippen molar-refractivity contribution in [3.63, 3.8) is 0 Å². The highest BCUT2D eigenvalue weighted by Gasteiger charge is 2.56. The van der Waals surface area contributed by atoms with Crippen LogP contribution in [-0.2, 0) is 9.59 Å². The number of H-pyrrole nitrogens is 1. The van der Waals surface area contributed by atoms with E-state index in [1.165, 1.54) is 37.4 Å². The van der Waals surface area contributed by atoms with E-state index in [0.717, 1.165) is 28.0 Å². The average molecular weight is 458 g/mol. The Morgan fingerprint density at radius 3 is 2.55 bits per heavy atom. The predicted octanol–water partition coefficient (Wildman–Crippen LogP) is 3.09. The van der Waals surface area contributed by atoms with Gasteiger partial charge in [0.15, 0.2) is 11.5 Å². The Balaban J connectivity index is 1.66. The third-order valence-electron chi connectivity index (χ3n) is 5.47. The minimum Gasteiger partial charge on any atom is -0.504 e. The summed E-state index contributed by atoms with van der Waals surface area (Å²) in [4.78, 5) is 43.0. The average Bonchev–Trinajstić information content (AvgIpc) is 3.24. The van der Waals surface area contributed by atoms with E-state index in [2.05, 4.69) is 4.98 Å². The number of aromatic nitrogens is 1. The summed E-state index contributed by atoms with van der Waals surface area (Å²) in [5.74, 6) is -2.49. The second-order valence-corrected chi connectivity index (χ2v) is 9.34. The summed E-state index contributed by atoms with van der Waals surface area (Å²) in [6.07, 6.45) is 0. The fraction of sp³-hybridized carbons (Fsp3) is 0.190. The maximum atomic E-state index is 13.5. The van der Waals surface area contributed by atoms with Gasteiger partial charge in [-0.15, -0.1) is 0 Å². The molecule has 2 N–H and O–H groups in total. The van der Waals surface area contributed by atoms with Gasteiger partial charge in [0.1, 0.15) is 11.1 Å². The van der Waals surface area contributed by atoms with Gasteiger partial charge in [-0.05, 0) is 42.0 Å². The zero-order valence-corrected chi connectivity index (χ0v) is 17.6. The highest BCUT2D eigenvalue weighted by Crippen LogP contribution is 2.53. The molecule has 1 saturated heterocycles. The minimum absolute atomic E-state index is 0.0581. The number of thiazole rings is 1. The van der Waals surface area contributed by atoms with Crippen LogP contribution in [0.2, 0.25) is 0 Å². The van der Waals surface area contributed by atoms with Crippen molar-refractivity contribution in [2.45, 2.75) is 16.2 Å². The standard InChI is InChI=1S/C21H15FN2O5S2/c1-29-13-8-9(2-7-12(13)25)14-15-17(30-18-16(14)31-21(28)23-18)20(27)24(19(15)26)11-5-3-10(22)4-6-11/h2-8,14-15,17,25H,1H3,(H,23,28)/t14-,15?,17?/m1/s1. The van der Waals surface area contributed by atoms with E-state index in [0.29, 0.717) is 21.2 Å². The van der Waals surface area contributed by atoms with Gasteiger partial charge in [0.2, 0.25) is 11.8 Å². The molecule has 0 radical (unpaired) electrons. The van der Waals surface area contributed by atoms with Gasteiger partial charge in [0, 0.05) is 10.8 Å². The number of imide groups is 1. The zero-order chi connectivity index (χ0) is 21.9. The lowest BCUT2D eigenvalue weighted by Gasteiger charge is -2.30. The summed E-state index contributed by atoms with van der Waals surface area (Å²) < 4.78 is 18.6. The van der Waals surface area contributed by atoms with Gasteiger partial charge in [-0.3, -0.25) is 14.4 Å². The second kappa shape index (κ2) is 7.24. The maximum absolute atomic E-state index is 13.5. The van der Waals surface area contributed by atoms with Gasteiger partial charge in [-0.2, -0.15) is 0 Å². The van der Waals surface area contributed by atoms with Crippen LogP contribution in [0.5, 0.6) is 11.5 Å². The number of phenolic OH excluding ortho intramolecular Hbond substituents is 1. The number of carbonyl (C=O) groups is 2. The smallest absolute Gasteiger partial charge is 0.305 e. The molecule has 1 aromatic heterocycles. The molecular weight excluding hydrogens is 443 g/mol. The van der Waals surface area contributed by atoms with Crippen LogP contribution in [0, 0.1) is 11.7 Å². The Labute approximate surface area is 183 Å². The van der Waals surface area contributed by atoms with Crippen molar-refractivity contribution in [3.05, 3.63) is 68.4 Å². The molecule has 0 spiro atoms. The number of phenols is 1. The first-order valence-electron chi connectivity index (χ1n) is 9.29. The van der Waals surface area contributed by atoms with E-state index in [1.54, 1.807) is 12.1 Å². The Kier molecular flexibility index (Phi) is 4.63. The summed E-state index contributed by atoms with van der Waals surface area (Å²) in [5.41, 5.74) is 0.939. The van der Waals surface area contributed by atoms with Crippen molar-refractivity contribution in [2.75, 3.05) is 12.0 Å². The van der Waals surface area contributed by atoms with Crippen LogP contribution in [-0.4, -0.2) is 34.3 Å². The molecule has 158 valence electrons. The van der Waals surface area contributed by atoms with Crippen LogP contribution >= 0.6 is 23.1 Å². The number of hydrogen-bond donors (Lipinski definition) is 2. The summed E-state index contributed by atoms with van der Waals surface area (Å²) in [6, 6.07) is 9.90. The van der Waals surface area contributed by atoms with Gasteiger partial charge >= 0.3 is 4.87 Å². The third-order valence-corrected chi connectivity index (χ3v) is 7.87. The van der Waals surface area contributed by atoms with Crippen LogP contribution < -0.4 is 14.5 Å². The summed E-state index contributed by atoms with van der Waals surface area (Å²) in [5, 5.41) is 9.79. The molecule has 1 fully saturated rings. The molecule has 3 heterocycles. The SMILES string of the molecule is COc1cc([C@H]2c3sc(=O)[nH]c3SC3C(=O)N(c4ccc(F)cc4)C(=O)C32)ccc1O. The first kappa shape index (κ1) is 19.8. The van der Waals surface area contributed by atoms with Crippen LogP contribution in [0.15, 0.2) is 52.3 Å². The molecule has 2 aliphatic heterocycles. The summed E-state index contributed by atoms with van der Waals surface area (Å²) >= 11 is 2.16. The van der Waals surface area contributed by atoms with E-state index in [9.17, 15) is 23.9 Å². The lowest BCUT2D eigenvalue weighted by molar-refractivity contribution is -0.122. The molecule has 2 aliphatic rings. The third kappa shape index (κ3) is 3.05.